The van der Waals surface area contributed by atoms with Crippen molar-refractivity contribution in [2.24, 2.45) is 5.92 Å². The SMILES string of the molecule is O=C(O)C1COC(CC2CCCS(=O)(=O)C2)O1. The minimum Gasteiger partial charge on any atom is -0.479 e. The molecule has 3 atom stereocenters. The van der Waals surface area contributed by atoms with Crippen LogP contribution in [0.5, 0.6) is 0 Å². The molecule has 0 aromatic rings. The van der Waals surface area contributed by atoms with Crippen molar-refractivity contribution in [2.75, 3.05) is 18.1 Å². The maximum atomic E-state index is 11.4. The Balaban J connectivity index is 1.84. The van der Waals surface area contributed by atoms with Crippen LogP contribution in [0.2, 0.25) is 0 Å². The first-order valence-corrected chi connectivity index (χ1v) is 7.49. The lowest BCUT2D eigenvalue weighted by Crippen LogP contribution is -2.29. The van der Waals surface area contributed by atoms with Crippen LogP contribution < -0.4 is 0 Å². The molecule has 0 aromatic carbocycles. The summed E-state index contributed by atoms with van der Waals surface area (Å²) in [5, 5.41) is 8.72. The zero-order valence-corrected chi connectivity index (χ0v) is 10.2. The summed E-state index contributed by atoms with van der Waals surface area (Å²) in [6.07, 6.45) is 0.472. The molecule has 0 bridgehead atoms. The topological polar surface area (TPSA) is 89.9 Å². The van der Waals surface area contributed by atoms with E-state index in [2.05, 4.69) is 0 Å². The Morgan fingerprint density at radius 2 is 2.18 bits per heavy atom. The number of sulfone groups is 1. The van der Waals surface area contributed by atoms with Crippen molar-refractivity contribution in [1.82, 2.24) is 0 Å². The fraction of sp³-hybridized carbons (Fsp3) is 0.900. The first-order chi connectivity index (χ1) is 7.96. The van der Waals surface area contributed by atoms with Gasteiger partial charge in [-0.05, 0) is 18.8 Å². The van der Waals surface area contributed by atoms with Crippen LogP contribution in [-0.2, 0) is 24.1 Å². The Bertz CT molecular complexity index is 390. The van der Waals surface area contributed by atoms with Crippen molar-refractivity contribution in [1.29, 1.82) is 0 Å². The van der Waals surface area contributed by atoms with Crippen LogP contribution in [-0.4, -0.2) is 50.0 Å². The monoisotopic (exact) mass is 264 g/mol. The van der Waals surface area contributed by atoms with Crippen molar-refractivity contribution in [3.63, 3.8) is 0 Å². The third-order valence-corrected chi connectivity index (χ3v) is 5.00. The van der Waals surface area contributed by atoms with Crippen molar-refractivity contribution >= 4 is 15.8 Å². The molecule has 0 radical (unpaired) electrons. The van der Waals surface area contributed by atoms with Gasteiger partial charge in [0.2, 0.25) is 0 Å². The predicted molar refractivity (Wildman–Crippen MR) is 58.2 cm³/mol. The highest BCUT2D eigenvalue weighted by Crippen LogP contribution is 2.26. The highest BCUT2D eigenvalue weighted by atomic mass is 32.2. The molecule has 98 valence electrons. The maximum Gasteiger partial charge on any atom is 0.335 e. The van der Waals surface area contributed by atoms with E-state index in [0.29, 0.717) is 12.8 Å². The van der Waals surface area contributed by atoms with Crippen LogP contribution >= 0.6 is 0 Å². The van der Waals surface area contributed by atoms with Gasteiger partial charge in [0.15, 0.2) is 22.2 Å². The summed E-state index contributed by atoms with van der Waals surface area (Å²) in [5.74, 6) is -0.600. The van der Waals surface area contributed by atoms with E-state index in [-0.39, 0.29) is 24.0 Å². The number of carboxylic acids is 1. The summed E-state index contributed by atoms with van der Waals surface area (Å²) < 4.78 is 33.2. The van der Waals surface area contributed by atoms with E-state index in [9.17, 15) is 13.2 Å². The summed E-state index contributed by atoms with van der Waals surface area (Å²) in [6, 6.07) is 0. The zero-order valence-electron chi connectivity index (χ0n) is 9.37. The highest BCUT2D eigenvalue weighted by Gasteiger charge is 2.34. The van der Waals surface area contributed by atoms with Crippen molar-refractivity contribution in [3.05, 3.63) is 0 Å². The minimum absolute atomic E-state index is 0.0197. The first-order valence-electron chi connectivity index (χ1n) is 5.66. The molecule has 3 unspecified atom stereocenters. The maximum absolute atomic E-state index is 11.4. The van der Waals surface area contributed by atoms with E-state index < -0.39 is 28.2 Å². The summed E-state index contributed by atoms with van der Waals surface area (Å²) in [6.45, 7) is 0.0411. The second-order valence-electron chi connectivity index (χ2n) is 4.58. The molecule has 2 aliphatic rings. The molecular formula is C10H16O6S. The van der Waals surface area contributed by atoms with E-state index in [4.69, 9.17) is 14.6 Å². The Morgan fingerprint density at radius 3 is 2.76 bits per heavy atom. The van der Waals surface area contributed by atoms with E-state index in [1.807, 2.05) is 0 Å². The Kier molecular flexibility index (Phi) is 3.70. The van der Waals surface area contributed by atoms with Gasteiger partial charge in [-0.3, -0.25) is 0 Å². The van der Waals surface area contributed by atoms with Gasteiger partial charge >= 0.3 is 5.97 Å². The number of hydrogen-bond donors (Lipinski definition) is 1. The highest BCUT2D eigenvalue weighted by molar-refractivity contribution is 7.91. The van der Waals surface area contributed by atoms with Gasteiger partial charge in [0.05, 0.1) is 18.1 Å². The van der Waals surface area contributed by atoms with Crippen LogP contribution in [0.3, 0.4) is 0 Å². The molecule has 1 N–H and O–H groups in total. The average Bonchev–Trinajstić information content (AvgIpc) is 2.64. The lowest BCUT2D eigenvalue weighted by Gasteiger charge is -2.23. The van der Waals surface area contributed by atoms with Crippen LogP contribution in [0, 0.1) is 5.92 Å². The molecule has 6 nitrogen and oxygen atoms in total. The second kappa shape index (κ2) is 4.91. The number of ether oxygens (including phenoxy) is 2. The Labute approximate surface area is 99.8 Å². The van der Waals surface area contributed by atoms with Gasteiger partial charge in [-0.1, -0.05) is 0 Å². The van der Waals surface area contributed by atoms with Crippen molar-refractivity contribution < 1.29 is 27.8 Å². The third-order valence-electron chi connectivity index (χ3n) is 3.11. The van der Waals surface area contributed by atoms with Gasteiger partial charge in [-0.25, -0.2) is 13.2 Å². The van der Waals surface area contributed by atoms with Crippen LogP contribution in [0.1, 0.15) is 19.3 Å². The van der Waals surface area contributed by atoms with Gasteiger partial charge < -0.3 is 14.6 Å². The van der Waals surface area contributed by atoms with Crippen molar-refractivity contribution in [3.8, 4) is 0 Å². The Hall–Kier alpha value is -0.660. The molecule has 17 heavy (non-hydrogen) atoms. The third kappa shape index (κ3) is 3.40. The van der Waals surface area contributed by atoms with Crippen LogP contribution in [0.4, 0.5) is 0 Å². The molecule has 0 aromatic heterocycles. The summed E-state index contributed by atoms with van der Waals surface area (Å²) in [7, 11) is -2.93. The van der Waals surface area contributed by atoms with Gasteiger partial charge in [0.25, 0.3) is 0 Å². The molecule has 0 aliphatic carbocycles. The molecule has 2 rings (SSSR count). The largest absolute Gasteiger partial charge is 0.479 e. The molecule has 2 heterocycles. The predicted octanol–water partition coefficient (Wildman–Crippen LogP) is 0.0274. The van der Waals surface area contributed by atoms with E-state index in [1.54, 1.807) is 0 Å². The van der Waals surface area contributed by atoms with Crippen molar-refractivity contribution in [2.45, 2.75) is 31.7 Å². The van der Waals surface area contributed by atoms with Gasteiger partial charge in [0, 0.05) is 6.42 Å². The number of aliphatic carboxylic acids is 1. The fourth-order valence-electron chi connectivity index (χ4n) is 2.29. The summed E-state index contributed by atoms with van der Waals surface area (Å²) in [4.78, 5) is 10.6. The minimum atomic E-state index is -2.93. The molecule has 0 spiro atoms. The first kappa shape index (κ1) is 12.8. The number of rotatable bonds is 3. The van der Waals surface area contributed by atoms with Gasteiger partial charge in [0.1, 0.15) is 0 Å². The average molecular weight is 264 g/mol. The summed E-state index contributed by atoms with van der Waals surface area (Å²) >= 11 is 0. The number of hydrogen-bond acceptors (Lipinski definition) is 5. The molecule has 7 heteroatoms. The van der Waals surface area contributed by atoms with E-state index in [0.717, 1.165) is 6.42 Å². The van der Waals surface area contributed by atoms with Crippen LogP contribution in [0.25, 0.3) is 0 Å². The second-order valence-corrected chi connectivity index (χ2v) is 6.81. The molecular weight excluding hydrogens is 248 g/mol. The lowest BCUT2D eigenvalue weighted by atomic mass is 10.0. The molecule has 2 aliphatic heterocycles. The van der Waals surface area contributed by atoms with E-state index in [1.165, 1.54) is 0 Å². The molecule has 2 fully saturated rings. The quantitative estimate of drug-likeness (QED) is 0.773. The lowest BCUT2D eigenvalue weighted by molar-refractivity contribution is -0.151. The standard InChI is InChI=1S/C10H16O6S/c11-10(12)8-5-15-9(16-8)4-7-2-1-3-17(13,14)6-7/h7-9H,1-6H2,(H,11,12). The zero-order chi connectivity index (χ0) is 12.5. The van der Waals surface area contributed by atoms with E-state index >= 15 is 0 Å². The molecule has 0 saturated carbocycles. The Morgan fingerprint density at radius 1 is 1.41 bits per heavy atom. The fourth-order valence-corrected chi connectivity index (χ4v) is 4.08. The normalized spacial score (nSPS) is 36.8. The smallest absolute Gasteiger partial charge is 0.335 e. The van der Waals surface area contributed by atoms with Gasteiger partial charge in [-0.15, -0.1) is 0 Å². The number of carbonyl (C=O) groups is 1. The molecule has 2 saturated heterocycles. The van der Waals surface area contributed by atoms with Gasteiger partial charge in [-0.2, -0.15) is 0 Å². The number of carboxylic acid groups (broad SMARTS) is 1. The van der Waals surface area contributed by atoms with Crippen LogP contribution in [0.15, 0.2) is 0 Å². The molecule has 0 amide bonds. The summed E-state index contributed by atoms with van der Waals surface area (Å²) in [5.41, 5.74) is 0.